The maximum atomic E-state index is 13.3. The van der Waals surface area contributed by atoms with Crippen molar-refractivity contribution in [1.82, 2.24) is 29.6 Å². The van der Waals surface area contributed by atoms with Crippen LogP contribution in [0, 0.1) is 0 Å². The molecule has 0 spiro atoms. The molecule has 2 aromatic heterocycles. The molecule has 6 heterocycles. The van der Waals surface area contributed by atoms with Gasteiger partial charge in [0.1, 0.15) is 0 Å². The maximum Gasteiger partial charge on any atom is 0.263 e. The average Bonchev–Trinajstić information content (AvgIpc) is 3.04. The average molecular weight is 693 g/mol. The number of pyridine rings is 2. The van der Waals surface area contributed by atoms with Crippen LogP contribution in [0.5, 0.6) is 0 Å². The molecule has 3 atom stereocenters. The summed E-state index contributed by atoms with van der Waals surface area (Å²) in [5, 5.41) is 19.2. The molecule has 6 rings (SSSR count). The quantitative estimate of drug-likeness (QED) is 0.328. The highest BCUT2D eigenvalue weighted by Crippen LogP contribution is 2.58. The molecule has 4 aliphatic rings. The van der Waals surface area contributed by atoms with Gasteiger partial charge in [0.05, 0.1) is 19.1 Å². The molecule has 45 heavy (non-hydrogen) atoms. The van der Waals surface area contributed by atoms with E-state index in [1.54, 1.807) is 45.5 Å². The highest BCUT2D eigenvalue weighted by molar-refractivity contribution is 8.78. The molecule has 0 aromatic carbocycles. The van der Waals surface area contributed by atoms with Crippen LogP contribution in [-0.2, 0) is 44.9 Å². The van der Waals surface area contributed by atoms with Gasteiger partial charge >= 0.3 is 0 Å². The molecule has 2 aromatic rings. The Balaban J connectivity index is 1.22. The van der Waals surface area contributed by atoms with Crippen molar-refractivity contribution in [2.24, 2.45) is 0 Å². The van der Waals surface area contributed by atoms with Gasteiger partial charge in [-0.1, -0.05) is 44.5 Å². The molecular weight excluding hydrogens is 657 g/mol. The molecule has 0 radical (unpaired) electrons. The third kappa shape index (κ3) is 5.93. The standard InChI is InChI=1S/C29H36N6O6S4/c1-32-18-42-43-27(24(32)39,33(2)23(38)11-12-36)13-19-5-7-21(30-15-19)9-10-22-8-6-20(16-31-22)14-28-25(40)35(4)29(17-37,45-44-28)26(41)34(28)3/h5-8,15-16,36-37H,9-14,17-18H2,1-4H3. The van der Waals surface area contributed by atoms with E-state index in [2.05, 4.69) is 9.97 Å². The van der Waals surface area contributed by atoms with E-state index in [0.29, 0.717) is 25.1 Å². The summed E-state index contributed by atoms with van der Waals surface area (Å²) in [7, 11) is 11.9. The van der Waals surface area contributed by atoms with E-state index >= 15 is 0 Å². The topological polar surface area (TPSA) is 147 Å². The molecule has 3 unspecified atom stereocenters. The molecule has 0 aliphatic carbocycles. The Bertz CT molecular complexity index is 1470. The minimum Gasteiger partial charge on any atom is -0.396 e. The number of aliphatic hydroxyl groups is 2. The van der Waals surface area contributed by atoms with Gasteiger partial charge in [-0.3, -0.25) is 29.1 Å². The summed E-state index contributed by atoms with van der Waals surface area (Å²) in [6.07, 6.45) is 5.29. The number of carbonyl (C=O) groups is 4. The second-order valence-corrected chi connectivity index (χ2v) is 16.6. The Labute approximate surface area is 277 Å². The predicted molar refractivity (Wildman–Crippen MR) is 177 cm³/mol. The normalized spacial score (nSPS) is 26.5. The molecule has 2 N–H and O–H groups in total. The number of amides is 4. The molecule has 0 saturated carbocycles. The van der Waals surface area contributed by atoms with Crippen LogP contribution in [0.3, 0.4) is 0 Å². The summed E-state index contributed by atoms with van der Waals surface area (Å²) in [6, 6.07) is 7.69. The van der Waals surface area contributed by atoms with Gasteiger partial charge in [0, 0.05) is 71.2 Å². The van der Waals surface area contributed by atoms with Crippen LogP contribution in [0.15, 0.2) is 36.7 Å². The molecule has 4 fully saturated rings. The number of nitrogens with zero attached hydrogens (tertiary/aromatic N) is 6. The lowest BCUT2D eigenvalue weighted by Gasteiger charge is -2.58. The highest BCUT2D eigenvalue weighted by atomic mass is 33.1. The number of piperazine rings is 1. The van der Waals surface area contributed by atoms with Crippen LogP contribution < -0.4 is 0 Å². The number of aryl methyl sites for hydroxylation is 2. The van der Waals surface area contributed by atoms with Crippen LogP contribution in [0.25, 0.3) is 0 Å². The van der Waals surface area contributed by atoms with Crippen molar-refractivity contribution in [3.05, 3.63) is 59.2 Å². The first kappa shape index (κ1) is 33.9. The SMILES string of the molecule is CN1CSSC(Cc2ccc(CCc3ccc(CC45SSC(CO)(C(=O)N4C)N(C)C5=O)cn3)nc2)(N(C)C(=O)CCO)C1=O. The molecular formula is C29H36N6O6S4. The number of aromatic nitrogens is 2. The fourth-order valence-corrected chi connectivity index (χ4v) is 12.3. The van der Waals surface area contributed by atoms with E-state index < -0.39 is 21.2 Å². The Kier molecular flexibility index (Phi) is 10.0. The highest BCUT2D eigenvalue weighted by Gasteiger charge is 2.67. The van der Waals surface area contributed by atoms with Crippen LogP contribution in [-0.4, -0.2) is 125 Å². The van der Waals surface area contributed by atoms with Gasteiger partial charge in [-0.2, -0.15) is 0 Å². The Morgan fingerprint density at radius 3 is 1.96 bits per heavy atom. The van der Waals surface area contributed by atoms with Crippen molar-refractivity contribution in [3.63, 3.8) is 0 Å². The number of rotatable bonds is 11. The summed E-state index contributed by atoms with van der Waals surface area (Å²) in [5.74, 6) is -0.430. The molecule has 16 heteroatoms. The number of fused-ring (bicyclic) bond motifs is 3. The fraction of sp³-hybridized carbons (Fsp3) is 0.517. The van der Waals surface area contributed by atoms with Gasteiger partial charge in [0.25, 0.3) is 17.7 Å². The molecule has 242 valence electrons. The lowest BCUT2D eigenvalue weighted by molar-refractivity contribution is -0.165. The van der Waals surface area contributed by atoms with Crippen molar-refractivity contribution in [2.75, 3.05) is 47.3 Å². The number of hydrogen-bond acceptors (Lipinski definition) is 12. The zero-order chi connectivity index (χ0) is 32.6. The summed E-state index contributed by atoms with van der Waals surface area (Å²) in [5.41, 5.74) is 3.36. The van der Waals surface area contributed by atoms with Crippen LogP contribution in [0.2, 0.25) is 0 Å². The molecule has 2 bridgehead atoms. The monoisotopic (exact) mass is 692 g/mol. The predicted octanol–water partition coefficient (Wildman–Crippen LogP) is 1.41. The van der Waals surface area contributed by atoms with Gasteiger partial charge < -0.3 is 29.8 Å². The van der Waals surface area contributed by atoms with E-state index in [0.717, 1.165) is 22.5 Å². The summed E-state index contributed by atoms with van der Waals surface area (Å²) in [6.45, 7) is -0.727. The lowest BCUT2D eigenvalue weighted by Crippen LogP contribution is -2.77. The van der Waals surface area contributed by atoms with E-state index in [1.165, 1.54) is 57.9 Å². The summed E-state index contributed by atoms with van der Waals surface area (Å²) in [4.78, 5) is 64.1. The summed E-state index contributed by atoms with van der Waals surface area (Å²) >= 11 is 0. The van der Waals surface area contributed by atoms with Crippen LogP contribution >= 0.6 is 43.2 Å². The zero-order valence-electron chi connectivity index (χ0n) is 25.5. The third-order valence-electron chi connectivity index (χ3n) is 8.56. The Hall–Kier alpha value is -2.50. The van der Waals surface area contributed by atoms with Crippen molar-refractivity contribution >= 4 is 66.8 Å². The van der Waals surface area contributed by atoms with E-state index in [4.69, 9.17) is 0 Å². The van der Waals surface area contributed by atoms with Gasteiger partial charge in [-0.15, -0.1) is 0 Å². The number of aliphatic hydroxyl groups excluding tert-OH is 2. The number of hydrogen-bond donors (Lipinski definition) is 2. The molecule has 12 nitrogen and oxygen atoms in total. The summed E-state index contributed by atoms with van der Waals surface area (Å²) < 4.78 is 0. The first-order valence-corrected chi connectivity index (χ1v) is 18.8. The van der Waals surface area contributed by atoms with Gasteiger partial charge in [0.2, 0.25) is 10.8 Å². The van der Waals surface area contributed by atoms with Gasteiger partial charge in [-0.25, -0.2) is 0 Å². The second kappa shape index (κ2) is 13.3. The first-order chi connectivity index (χ1) is 21.4. The number of likely N-dealkylation sites (N-methyl/N-ethyl adjacent to an activating group) is 4. The van der Waals surface area contributed by atoms with E-state index in [-0.39, 0.29) is 43.1 Å². The Morgan fingerprint density at radius 1 is 0.844 bits per heavy atom. The van der Waals surface area contributed by atoms with Crippen molar-refractivity contribution < 1.29 is 29.4 Å². The smallest absolute Gasteiger partial charge is 0.263 e. The van der Waals surface area contributed by atoms with Crippen LogP contribution in [0.4, 0.5) is 0 Å². The van der Waals surface area contributed by atoms with Crippen molar-refractivity contribution in [2.45, 2.75) is 46.7 Å². The lowest BCUT2D eigenvalue weighted by atomic mass is 9.98. The maximum absolute atomic E-state index is 13.3. The van der Waals surface area contributed by atoms with Crippen molar-refractivity contribution in [3.8, 4) is 0 Å². The minimum absolute atomic E-state index is 0.0526. The van der Waals surface area contributed by atoms with Gasteiger partial charge in [0.15, 0.2) is 9.74 Å². The second-order valence-electron chi connectivity index (χ2n) is 11.3. The Morgan fingerprint density at radius 2 is 1.40 bits per heavy atom. The third-order valence-corrected chi connectivity index (χ3v) is 15.2. The van der Waals surface area contributed by atoms with Gasteiger partial charge in [-0.05, 0) is 46.9 Å². The minimum atomic E-state index is -1.29. The molecule has 4 saturated heterocycles. The van der Waals surface area contributed by atoms with E-state index in [9.17, 15) is 29.4 Å². The van der Waals surface area contributed by atoms with Crippen LogP contribution in [0.1, 0.15) is 28.9 Å². The number of carbonyl (C=O) groups excluding carboxylic acids is 4. The largest absolute Gasteiger partial charge is 0.396 e. The fourth-order valence-electron chi connectivity index (χ4n) is 5.59. The first-order valence-electron chi connectivity index (χ1n) is 14.3. The van der Waals surface area contributed by atoms with Crippen molar-refractivity contribution in [1.29, 1.82) is 0 Å². The molecule has 4 amide bonds. The molecule has 4 aliphatic heterocycles. The zero-order valence-corrected chi connectivity index (χ0v) is 28.7. The van der Waals surface area contributed by atoms with E-state index in [1.807, 2.05) is 24.3 Å².